The first kappa shape index (κ1) is 18.0. The van der Waals surface area contributed by atoms with Gasteiger partial charge in [0.05, 0.1) is 6.20 Å². The molecule has 1 aromatic carbocycles. The molecule has 2 aromatic rings. The summed E-state index contributed by atoms with van der Waals surface area (Å²) in [7, 11) is 0. The van der Waals surface area contributed by atoms with Crippen LogP contribution in [0.4, 0.5) is 0 Å². The Bertz CT molecular complexity index is 697. The Morgan fingerprint density at radius 3 is 2.67 bits per heavy atom. The Labute approximate surface area is 145 Å². The number of oxazole rings is 1. The average Bonchev–Trinajstić information content (AvgIpc) is 3.03. The number of benzene rings is 1. The third-order valence-corrected chi connectivity index (χ3v) is 3.62. The number of carbonyl (C=O) groups excluding carboxylic acids is 2. The van der Waals surface area contributed by atoms with Gasteiger partial charge in [-0.1, -0.05) is 11.6 Å². The van der Waals surface area contributed by atoms with Crippen LogP contribution in [-0.4, -0.2) is 29.4 Å². The van der Waals surface area contributed by atoms with Crippen LogP contribution in [0.15, 0.2) is 34.9 Å². The largest absolute Gasteiger partial charge is 0.441 e. The number of halogens is 1. The average molecular weight is 350 g/mol. The summed E-state index contributed by atoms with van der Waals surface area (Å²) < 4.78 is 5.64. The van der Waals surface area contributed by atoms with Gasteiger partial charge in [-0.15, -0.1) is 0 Å². The molecule has 1 atom stereocenters. The first-order valence-corrected chi connectivity index (χ1v) is 8.15. The van der Waals surface area contributed by atoms with Crippen molar-refractivity contribution in [2.75, 3.05) is 6.54 Å². The summed E-state index contributed by atoms with van der Waals surface area (Å²) in [6.45, 7) is 4.00. The van der Waals surface area contributed by atoms with Crippen molar-refractivity contribution in [3.05, 3.63) is 41.4 Å². The highest BCUT2D eigenvalue weighted by molar-refractivity contribution is 6.30. The summed E-state index contributed by atoms with van der Waals surface area (Å²) in [4.78, 5) is 27.6. The number of nitrogens with one attached hydrogen (secondary N) is 2. The fourth-order valence-corrected chi connectivity index (χ4v) is 2.23. The number of likely N-dealkylation sites (N-methyl/N-ethyl adjacent to an activating group) is 1. The molecule has 128 valence electrons. The van der Waals surface area contributed by atoms with Crippen LogP contribution in [0, 0.1) is 0 Å². The summed E-state index contributed by atoms with van der Waals surface area (Å²) in [5, 5.41) is 5.95. The van der Waals surface area contributed by atoms with Gasteiger partial charge in [0, 0.05) is 30.0 Å². The van der Waals surface area contributed by atoms with Crippen LogP contribution in [0.3, 0.4) is 0 Å². The van der Waals surface area contributed by atoms with E-state index in [1.807, 2.05) is 19.1 Å². The van der Waals surface area contributed by atoms with Gasteiger partial charge in [0.15, 0.2) is 11.7 Å². The number of nitrogens with zero attached hydrogens (tertiary/aromatic N) is 1. The zero-order valence-electron chi connectivity index (χ0n) is 13.6. The van der Waals surface area contributed by atoms with E-state index in [9.17, 15) is 9.59 Å². The number of carbonyl (C=O) groups is 2. The lowest BCUT2D eigenvalue weighted by Gasteiger charge is -2.12. The van der Waals surface area contributed by atoms with Crippen LogP contribution in [0.25, 0.3) is 11.3 Å². The predicted octanol–water partition coefficient (Wildman–Crippen LogP) is 2.57. The number of hydrogen-bond donors (Lipinski definition) is 2. The number of aromatic nitrogens is 1. The molecule has 2 rings (SSSR count). The number of hydrogen-bond acceptors (Lipinski definition) is 4. The third kappa shape index (κ3) is 5.09. The highest BCUT2D eigenvalue weighted by Crippen LogP contribution is 2.22. The zero-order chi connectivity index (χ0) is 17.5. The van der Waals surface area contributed by atoms with Crippen molar-refractivity contribution >= 4 is 23.4 Å². The molecule has 0 bridgehead atoms. The molecule has 0 unspecified atom stereocenters. The second-order valence-electron chi connectivity index (χ2n) is 5.31. The molecule has 0 saturated carbocycles. The van der Waals surface area contributed by atoms with Crippen LogP contribution in [-0.2, 0) is 16.0 Å². The fraction of sp³-hybridized carbons (Fsp3) is 0.353. The standard InChI is InChI=1S/C17H20ClN3O3/c1-3-19-17(23)11(2)21-15(22)8-9-16-20-10-14(24-16)12-4-6-13(18)7-5-12/h4-7,10-11H,3,8-9H2,1-2H3,(H,19,23)(H,21,22)/t11-/m1/s1. The molecule has 2 amide bonds. The summed E-state index contributed by atoms with van der Waals surface area (Å²) in [6, 6.07) is 6.66. The monoisotopic (exact) mass is 349 g/mol. The first-order valence-electron chi connectivity index (χ1n) is 7.77. The first-order chi connectivity index (χ1) is 11.5. The lowest BCUT2D eigenvalue weighted by atomic mass is 10.2. The smallest absolute Gasteiger partial charge is 0.242 e. The summed E-state index contributed by atoms with van der Waals surface area (Å²) in [5.74, 6) is 0.672. The summed E-state index contributed by atoms with van der Waals surface area (Å²) in [6.07, 6.45) is 2.18. The topological polar surface area (TPSA) is 84.2 Å². The maximum absolute atomic E-state index is 11.9. The molecule has 1 heterocycles. The van der Waals surface area contributed by atoms with Gasteiger partial charge in [-0.3, -0.25) is 9.59 Å². The van der Waals surface area contributed by atoms with Crippen LogP contribution in [0.1, 0.15) is 26.2 Å². The van der Waals surface area contributed by atoms with Gasteiger partial charge in [-0.2, -0.15) is 0 Å². The SMILES string of the molecule is CCNC(=O)[C@@H](C)NC(=O)CCc1ncc(-c2ccc(Cl)cc2)o1. The van der Waals surface area contributed by atoms with Crippen molar-refractivity contribution in [3.8, 4) is 11.3 Å². The minimum absolute atomic E-state index is 0.199. The van der Waals surface area contributed by atoms with Gasteiger partial charge in [0.1, 0.15) is 6.04 Å². The fourth-order valence-electron chi connectivity index (χ4n) is 2.10. The molecule has 0 aliphatic heterocycles. The maximum Gasteiger partial charge on any atom is 0.242 e. The van der Waals surface area contributed by atoms with E-state index >= 15 is 0 Å². The molecule has 0 spiro atoms. The molecule has 0 aliphatic carbocycles. The minimum atomic E-state index is -0.563. The summed E-state index contributed by atoms with van der Waals surface area (Å²) >= 11 is 5.85. The third-order valence-electron chi connectivity index (χ3n) is 3.37. The van der Waals surface area contributed by atoms with Gasteiger partial charge in [-0.05, 0) is 38.1 Å². The van der Waals surface area contributed by atoms with Crippen LogP contribution < -0.4 is 10.6 Å². The second kappa shape index (κ2) is 8.49. The van der Waals surface area contributed by atoms with E-state index in [4.69, 9.17) is 16.0 Å². The zero-order valence-corrected chi connectivity index (χ0v) is 14.4. The van der Waals surface area contributed by atoms with Crippen LogP contribution >= 0.6 is 11.6 Å². The van der Waals surface area contributed by atoms with Crippen molar-refractivity contribution in [1.29, 1.82) is 0 Å². The normalized spacial score (nSPS) is 11.8. The molecular weight excluding hydrogens is 330 g/mol. The molecule has 0 saturated heterocycles. The lowest BCUT2D eigenvalue weighted by molar-refractivity contribution is -0.128. The molecular formula is C17H20ClN3O3. The van der Waals surface area contributed by atoms with Gasteiger partial charge < -0.3 is 15.1 Å². The van der Waals surface area contributed by atoms with Gasteiger partial charge in [0.25, 0.3) is 0 Å². The molecule has 6 nitrogen and oxygen atoms in total. The Kier molecular flexibility index (Phi) is 6.37. The molecule has 24 heavy (non-hydrogen) atoms. The van der Waals surface area contributed by atoms with Crippen LogP contribution in [0.5, 0.6) is 0 Å². The van der Waals surface area contributed by atoms with Gasteiger partial charge in [-0.25, -0.2) is 4.98 Å². The van der Waals surface area contributed by atoms with E-state index in [0.29, 0.717) is 29.6 Å². The van der Waals surface area contributed by atoms with E-state index < -0.39 is 6.04 Å². The molecule has 2 N–H and O–H groups in total. The molecule has 0 fully saturated rings. The number of amides is 2. The van der Waals surface area contributed by atoms with E-state index in [1.54, 1.807) is 25.3 Å². The van der Waals surface area contributed by atoms with Crippen molar-refractivity contribution < 1.29 is 14.0 Å². The van der Waals surface area contributed by atoms with Crippen LogP contribution in [0.2, 0.25) is 5.02 Å². The second-order valence-corrected chi connectivity index (χ2v) is 5.75. The quantitative estimate of drug-likeness (QED) is 0.804. The number of aryl methyl sites for hydroxylation is 1. The predicted molar refractivity (Wildman–Crippen MR) is 91.6 cm³/mol. The van der Waals surface area contributed by atoms with E-state index in [0.717, 1.165) is 5.56 Å². The van der Waals surface area contributed by atoms with Gasteiger partial charge in [0.2, 0.25) is 11.8 Å². The van der Waals surface area contributed by atoms with Crippen molar-refractivity contribution in [2.45, 2.75) is 32.7 Å². The van der Waals surface area contributed by atoms with Crippen molar-refractivity contribution in [2.24, 2.45) is 0 Å². The lowest BCUT2D eigenvalue weighted by Crippen LogP contribution is -2.44. The molecule has 0 aliphatic rings. The van der Waals surface area contributed by atoms with E-state index in [-0.39, 0.29) is 18.2 Å². The number of rotatable bonds is 7. The Morgan fingerprint density at radius 2 is 2.00 bits per heavy atom. The Morgan fingerprint density at radius 1 is 1.29 bits per heavy atom. The molecule has 1 aromatic heterocycles. The van der Waals surface area contributed by atoms with Crippen molar-refractivity contribution in [1.82, 2.24) is 15.6 Å². The van der Waals surface area contributed by atoms with E-state index in [2.05, 4.69) is 15.6 Å². The highest BCUT2D eigenvalue weighted by Gasteiger charge is 2.15. The van der Waals surface area contributed by atoms with Crippen molar-refractivity contribution in [3.63, 3.8) is 0 Å². The summed E-state index contributed by atoms with van der Waals surface area (Å²) in [5.41, 5.74) is 0.868. The van der Waals surface area contributed by atoms with E-state index in [1.165, 1.54) is 0 Å². The Hall–Kier alpha value is -2.34. The molecule has 0 radical (unpaired) electrons. The molecule has 7 heteroatoms. The maximum atomic E-state index is 11.9. The minimum Gasteiger partial charge on any atom is -0.441 e. The Balaban J connectivity index is 1.85. The highest BCUT2D eigenvalue weighted by atomic mass is 35.5. The van der Waals surface area contributed by atoms with Gasteiger partial charge >= 0.3 is 0 Å².